The lowest BCUT2D eigenvalue weighted by molar-refractivity contribution is 0.598. The highest BCUT2D eigenvalue weighted by atomic mass is 32.2. The summed E-state index contributed by atoms with van der Waals surface area (Å²) in [7, 11) is -3.79. The second-order valence-corrected chi connectivity index (χ2v) is 6.26. The van der Waals surface area contributed by atoms with E-state index in [1.54, 1.807) is 16.8 Å². The van der Waals surface area contributed by atoms with Crippen molar-refractivity contribution in [1.29, 1.82) is 0 Å². The predicted molar refractivity (Wildman–Crippen MR) is 71.3 cm³/mol. The number of sulfonamides is 1. The number of primary sulfonamides is 1. The zero-order chi connectivity index (χ0) is 13.6. The zero-order valence-corrected chi connectivity index (χ0v) is 11.0. The number of anilines is 1. The lowest BCUT2D eigenvalue weighted by Crippen LogP contribution is -2.14. The van der Waals surface area contributed by atoms with Gasteiger partial charge in [-0.2, -0.15) is 5.10 Å². The van der Waals surface area contributed by atoms with Gasteiger partial charge in [-0.25, -0.2) is 18.2 Å². The summed E-state index contributed by atoms with van der Waals surface area (Å²) < 4.78 is 24.2. The Labute approximate surface area is 111 Å². The molecule has 4 N–H and O–H groups in total. The average molecular weight is 278 g/mol. The third kappa shape index (κ3) is 2.34. The standard InChI is InChI=1S/C12H14N4O2S/c13-10-7-9(3-4-12(10)19(14,17)18)16-6-5-11(15-16)8-1-2-8/h3-8H,1-2,13H2,(H2,14,17,18). The van der Waals surface area contributed by atoms with E-state index in [4.69, 9.17) is 10.9 Å². The average Bonchev–Trinajstić information content (AvgIpc) is 3.05. The van der Waals surface area contributed by atoms with Gasteiger partial charge < -0.3 is 5.73 Å². The Balaban J connectivity index is 1.99. The zero-order valence-electron chi connectivity index (χ0n) is 10.2. The number of nitrogen functional groups attached to an aromatic ring is 1. The Morgan fingerprint density at radius 3 is 2.58 bits per heavy atom. The lowest BCUT2D eigenvalue weighted by Gasteiger charge is -2.06. The molecule has 7 heteroatoms. The van der Waals surface area contributed by atoms with Crippen molar-refractivity contribution in [2.75, 3.05) is 5.73 Å². The number of nitrogens with two attached hydrogens (primary N) is 2. The van der Waals surface area contributed by atoms with Gasteiger partial charge in [0.25, 0.3) is 0 Å². The van der Waals surface area contributed by atoms with Crippen LogP contribution in [0, 0.1) is 0 Å². The van der Waals surface area contributed by atoms with Crippen molar-refractivity contribution in [3.8, 4) is 5.69 Å². The van der Waals surface area contributed by atoms with E-state index < -0.39 is 10.0 Å². The van der Waals surface area contributed by atoms with Gasteiger partial charge >= 0.3 is 0 Å². The van der Waals surface area contributed by atoms with Crippen molar-refractivity contribution < 1.29 is 8.42 Å². The topological polar surface area (TPSA) is 104 Å². The summed E-state index contributed by atoms with van der Waals surface area (Å²) in [6.45, 7) is 0. The first-order valence-electron chi connectivity index (χ1n) is 5.93. The van der Waals surface area contributed by atoms with Gasteiger partial charge in [0.05, 0.1) is 17.1 Å². The Bertz CT molecular complexity index is 732. The monoisotopic (exact) mass is 278 g/mol. The van der Waals surface area contributed by atoms with E-state index in [-0.39, 0.29) is 10.6 Å². The highest BCUT2D eigenvalue weighted by molar-refractivity contribution is 7.89. The van der Waals surface area contributed by atoms with Crippen LogP contribution in [0.2, 0.25) is 0 Å². The van der Waals surface area contributed by atoms with Gasteiger partial charge in [0.2, 0.25) is 10.0 Å². The van der Waals surface area contributed by atoms with E-state index in [1.807, 2.05) is 12.3 Å². The summed E-state index contributed by atoms with van der Waals surface area (Å²) in [6, 6.07) is 6.57. The SMILES string of the molecule is Nc1cc(-n2ccc(C3CC3)n2)ccc1S(N)(=O)=O. The molecule has 1 fully saturated rings. The molecule has 100 valence electrons. The molecule has 0 saturated heterocycles. The number of hydrogen-bond acceptors (Lipinski definition) is 4. The second-order valence-electron chi connectivity index (χ2n) is 4.73. The van der Waals surface area contributed by atoms with Crippen LogP contribution in [0.3, 0.4) is 0 Å². The summed E-state index contributed by atoms with van der Waals surface area (Å²) in [5, 5.41) is 9.52. The first kappa shape index (κ1) is 12.2. The Kier molecular flexibility index (Phi) is 2.61. The fraction of sp³-hybridized carbons (Fsp3) is 0.250. The Hall–Kier alpha value is -1.86. The van der Waals surface area contributed by atoms with Gasteiger partial charge in [-0.05, 0) is 37.1 Å². The van der Waals surface area contributed by atoms with Crippen LogP contribution >= 0.6 is 0 Å². The minimum atomic E-state index is -3.79. The number of nitrogens with zero attached hydrogens (tertiary/aromatic N) is 2. The Morgan fingerprint density at radius 1 is 1.26 bits per heavy atom. The number of hydrogen-bond donors (Lipinski definition) is 2. The quantitative estimate of drug-likeness (QED) is 0.816. The summed E-state index contributed by atoms with van der Waals surface area (Å²) in [5.74, 6) is 0.572. The molecule has 2 aromatic rings. The van der Waals surface area contributed by atoms with E-state index in [0.29, 0.717) is 5.92 Å². The maximum Gasteiger partial charge on any atom is 0.240 e. The normalized spacial score (nSPS) is 15.6. The molecule has 1 heterocycles. The van der Waals surface area contributed by atoms with Crippen LogP contribution in [0.25, 0.3) is 5.69 Å². The van der Waals surface area contributed by atoms with Crippen molar-refractivity contribution in [3.63, 3.8) is 0 Å². The first-order valence-corrected chi connectivity index (χ1v) is 7.48. The van der Waals surface area contributed by atoms with Gasteiger partial charge in [0.1, 0.15) is 4.90 Å². The van der Waals surface area contributed by atoms with Gasteiger partial charge in [0, 0.05) is 12.1 Å². The van der Waals surface area contributed by atoms with Crippen LogP contribution < -0.4 is 10.9 Å². The molecule has 0 amide bonds. The molecule has 19 heavy (non-hydrogen) atoms. The molecule has 1 aromatic heterocycles. The third-order valence-corrected chi connectivity index (χ3v) is 4.15. The smallest absolute Gasteiger partial charge is 0.240 e. The van der Waals surface area contributed by atoms with Crippen LogP contribution in [0.5, 0.6) is 0 Å². The largest absolute Gasteiger partial charge is 0.398 e. The summed E-state index contributed by atoms with van der Waals surface area (Å²) in [4.78, 5) is -0.0641. The molecule has 0 radical (unpaired) electrons. The van der Waals surface area contributed by atoms with Gasteiger partial charge in [0.15, 0.2) is 0 Å². The van der Waals surface area contributed by atoms with Crippen molar-refractivity contribution in [3.05, 3.63) is 36.2 Å². The highest BCUT2D eigenvalue weighted by Gasteiger charge is 2.26. The molecule has 0 atom stereocenters. The van der Waals surface area contributed by atoms with Crippen LogP contribution in [-0.4, -0.2) is 18.2 Å². The molecule has 1 saturated carbocycles. The number of rotatable bonds is 3. The van der Waals surface area contributed by atoms with Gasteiger partial charge in [-0.1, -0.05) is 0 Å². The molecule has 3 rings (SSSR count). The Morgan fingerprint density at radius 2 is 2.00 bits per heavy atom. The molecule has 0 bridgehead atoms. The molecule has 1 aromatic carbocycles. The van der Waals surface area contributed by atoms with Crippen molar-refractivity contribution in [1.82, 2.24) is 9.78 Å². The summed E-state index contributed by atoms with van der Waals surface area (Å²) in [5.41, 5.74) is 7.63. The molecule has 1 aliphatic rings. The van der Waals surface area contributed by atoms with Crippen LogP contribution in [-0.2, 0) is 10.0 Å². The molecule has 0 spiro atoms. The minimum absolute atomic E-state index is 0.0641. The molecule has 0 unspecified atom stereocenters. The lowest BCUT2D eigenvalue weighted by atomic mass is 10.3. The molecule has 6 nitrogen and oxygen atoms in total. The van der Waals surface area contributed by atoms with Crippen LogP contribution in [0.1, 0.15) is 24.5 Å². The van der Waals surface area contributed by atoms with Crippen molar-refractivity contribution in [2.24, 2.45) is 5.14 Å². The maximum absolute atomic E-state index is 11.3. The van der Waals surface area contributed by atoms with Gasteiger partial charge in [-0.3, -0.25) is 0 Å². The highest BCUT2D eigenvalue weighted by Crippen LogP contribution is 2.39. The van der Waals surface area contributed by atoms with E-state index in [0.717, 1.165) is 11.4 Å². The summed E-state index contributed by atoms with van der Waals surface area (Å²) >= 11 is 0. The summed E-state index contributed by atoms with van der Waals surface area (Å²) in [6.07, 6.45) is 4.21. The first-order chi connectivity index (χ1) is 8.95. The number of benzene rings is 1. The molecular formula is C12H14N4O2S. The number of aromatic nitrogens is 2. The predicted octanol–water partition coefficient (Wildman–Crippen LogP) is 0.979. The van der Waals surface area contributed by atoms with E-state index in [9.17, 15) is 8.42 Å². The van der Waals surface area contributed by atoms with Crippen molar-refractivity contribution in [2.45, 2.75) is 23.7 Å². The van der Waals surface area contributed by atoms with E-state index in [2.05, 4.69) is 5.10 Å². The fourth-order valence-electron chi connectivity index (χ4n) is 2.02. The van der Waals surface area contributed by atoms with Crippen molar-refractivity contribution >= 4 is 15.7 Å². The minimum Gasteiger partial charge on any atom is -0.398 e. The second kappa shape index (κ2) is 4.07. The molecule has 0 aliphatic heterocycles. The maximum atomic E-state index is 11.3. The fourth-order valence-corrected chi connectivity index (χ4v) is 2.66. The molecular weight excluding hydrogens is 264 g/mol. The third-order valence-electron chi connectivity index (χ3n) is 3.17. The molecule has 1 aliphatic carbocycles. The van der Waals surface area contributed by atoms with E-state index in [1.165, 1.54) is 18.9 Å². The van der Waals surface area contributed by atoms with Gasteiger partial charge in [-0.15, -0.1) is 0 Å². The van der Waals surface area contributed by atoms with E-state index >= 15 is 0 Å². The van der Waals surface area contributed by atoms with Crippen LogP contribution in [0.15, 0.2) is 35.4 Å². The van der Waals surface area contributed by atoms with Crippen LogP contribution in [0.4, 0.5) is 5.69 Å².